The highest BCUT2D eigenvalue weighted by atomic mass is 35.5. The summed E-state index contributed by atoms with van der Waals surface area (Å²) in [5.41, 5.74) is 1.68. The molecule has 10 nitrogen and oxygen atoms in total. The number of amides is 1. The van der Waals surface area contributed by atoms with Gasteiger partial charge in [-0.15, -0.1) is 10.2 Å². The molecule has 1 atom stereocenters. The van der Waals surface area contributed by atoms with Crippen molar-refractivity contribution in [3.63, 3.8) is 0 Å². The zero-order chi connectivity index (χ0) is 30.0. The minimum absolute atomic E-state index is 0.0973. The summed E-state index contributed by atoms with van der Waals surface area (Å²) in [6, 6.07) is 9.67. The minimum Gasteiger partial charge on any atom is -0.495 e. The van der Waals surface area contributed by atoms with Gasteiger partial charge in [0.25, 0.3) is 5.56 Å². The number of benzene rings is 2. The lowest BCUT2D eigenvalue weighted by atomic mass is 9.99. The standard InChI is InChI=1S/C28H22ClF3N6O4/c1-3-4-22(25(40)35-16-6-8-20-21(12-16)34-10-9-33-20)38-14-23(41-2)19(13-24(38)39)18-11-15(29)5-7-17(18)26-36-37-27(42-26)28(30,31)32/h5-14,22H,3-4H2,1-2H3,(H,35,40)/t22-/m0/s1. The summed E-state index contributed by atoms with van der Waals surface area (Å²) >= 11 is 6.21. The topological polar surface area (TPSA) is 125 Å². The van der Waals surface area contributed by atoms with Crippen molar-refractivity contribution in [3.05, 3.63) is 82.3 Å². The van der Waals surface area contributed by atoms with E-state index in [1.54, 1.807) is 30.6 Å². The molecule has 2 aromatic carbocycles. The number of rotatable bonds is 8. The second-order valence-electron chi connectivity index (χ2n) is 9.15. The van der Waals surface area contributed by atoms with Crippen LogP contribution in [0.25, 0.3) is 33.6 Å². The number of fused-ring (bicyclic) bond motifs is 1. The second kappa shape index (κ2) is 11.6. The molecule has 0 unspecified atom stereocenters. The van der Waals surface area contributed by atoms with Gasteiger partial charge in [-0.2, -0.15) is 13.2 Å². The van der Waals surface area contributed by atoms with Gasteiger partial charge in [0, 0.05) is 40.3 Å². The van der Waals surface area contributed by atoms with E-state index >= 15 is 0 Å². The van der Waals surface area contributed by atoms with Gasteiger partial charge >= 0.3 is 12.1 Å². The first-order valence-electron chi connectivity index (χ1n) is 12.6. The number of methoxy groups -OCH3 is 1. The molecule has 0 saturated heterocycles. The first-order valence-corrected chi connectivity index (χ1v) is 13.0. The molecule has 14 heteroatoms. The average molecular weight is 599 g/mol. The van der Waals surface area contributed by atoms with Crippen molar-refractivity contribution in [2.75, 3.05) is 12.4 Å². The van der Waals surface area contributed by atoms with Crippen LogP contribution in [0, 0.1) is 0 Å². The molecule has 216 valence electrons. The van der Waals surface area contributed by atoms with Crippen molar-refractivity contribution in [1.29, 1.82) is 0 Å². The lowest BCUT2D eigenvalue weighted by Gasteiger charge is -2.21. The van der Waals surface area contributed by atoms with E-state index in [1.807, 2.05) is 6.92 Å². The Bertz CT molecular complexity index is 1840. The van der Waals surface area contributed by atoms with Gasteiger partial charge < -0.3 is 14.5 Å². The van der Waals surface area contributed by atoms with Gasteiger partial charge in [-0.05, 0) is 48.4 Å². The normalized spacial score (nSPS) is 12.3. The maximum atomic E-state index is 13.5. The van der Waals surface area contributed by atoms with Gasteiger partial charge in [-0.3, -0.25) is 24.1 Å². The molecular weight excluding hydrogens is 577 g/mol. The molecule has 0 radical (unpaired) electrons. The van der Waals surface area contributed by atoms with Gasteiger partial charge in [0.05, 0.1) is 24.3 Å². The fourth-order valence-electron chi connectivity index (χ4n) is 4.45. The third-order valence-electron chi connectivity index (χ3n) is 6.37. The van der Waals surface area contributed by atoms with E-state index in [1.165, 1.54) is 42.1 Å². The number of hydrogen-bond donors (Lipinski definition) is 1. The number of nitrogens with zero attached hydrogens (tertiary/aromatic N) is 5. The fraction of sp³-hybridized carbons (Fsp3) is 0.214. The van der Waals surface area contributed by atoms with E-state index in [4.69, 9.17) is 20.8 Å². The quantitative estimate of drug-likeness (QED) is 0.225. The Morgan fingerprint density at radius 2 is 1.81 bits per heavy atom. The summed E-state index contributed by atoms with van der Waals surface area (Å²) in [5, 5.41) is 9.69. The van der Waals surface area contributed by atoms with Crippen molar-refractivity contribution in [2.45, 2.75) is 32.0 Å². The van der Waals surface area contributed by atoms with Gasteiger partial charge in [0.15, 0.2) is 0 Å². The largest absolute Gasteiger partial charge is 0.495 e. The number of halogens is 4. The number of anilines is 1. The van der Waals surface area contributed by atoms with Crippen molar-refractivity contribution in [2.24, 2.45) is 0 Å². The molecule has 0 fully saturated rings. The number of ether oxygens (including phenoxy) is 1. The lowest BCUT2D eigenvalue weighted by Crippen LogP contribution is -2.33. The summed E-state index contributed by atoms with van der Waals surface area (Å²) in [5.74, 6) is -2.23. The number of hydrogen-bond acceptors (Lipinski definition) is 8. The van der Waals surface area contributed by atoms with Crippen LogP contribution in [0.5, 0.6) is 5.75 Å². The SMILES string of the molecule is CCC[C@@H](C(=O)Nc1ccc2nccnc2c1)n1cc(OC)c(-c2cc(Cl)ccc2-c2nnc(C(F)(F)F)o2)cc1=O. The number of nitrogens with one attached hydrogen (secondary N) is 1. The van der Waals surface area contributed by atoms with Gasteiger partial charge in [0.1, 0.15) is 11.8 Å². The van der Waals surface area contributed by atoms with Crippen LogP contribution in [0.15, 0.2) is 70.3 Å². The Morgan fingerprint density at radius 3 is 2.50 bits per heavy atom. The number of aromatic nitrogens is 5. The van der Waals surface area contributed by atoms with Crippen LogP contribution < -0.4 is 15.6 Å². The third-order valence-corrected chi connectivity index (χ3v) is 6.61. The van der Waals surface area contributed by atoms with Crippen LogP contribution in [0.4, 0.5) is 18.9 Å². The van der Waals surface area contributed by atoms with E-state index < -0.39 is 35.5 Å². The van der Waals surface area contributed by atoms with Gasteiger partial charge in [0.2, 0.25) is 11.8 Å². The molecule has 0 saturated carbocycles. The van der Waals surface area contributed by atoms with E-state index in [9.17, 15) is 22.8 Å². The van der Waals surface area contributed by atoms with Gasteiger partial charge in [-0.25, -0.2) is 0 Å². The number of alkyl halides is 3. The van der Waals surface area contributed by atoms with Crippen molar-refractivity contribution in [1.82, 2.24) is 24.7 Å². The average Bonchev–Trinajstić information content (AvgIpc) is 3.47. The van der Waals surface area contributed by atoms with E-state index in [0.29, 0.717) is 29.6 Å². The molecule has 1 amide bonds. The summed E-state index contributed by atoms with van der Waals surface area (Å²) in [7, 11) is 1.36. The van der Waals surface area contributed by atoms with Crippen LogP contribution >= 0.6 is 11.6 Å². The smallest absolute Gasteiger partial charge is 0.470 e. The first kappa shape index (κ1) is 28.7. The molecule has 1 N–H and O–H groups in total. The van der Waals surface area contributed by atoms with Crippen LogP contribution in [0.2, 0.25) is 5.02 Å². The summed E-state index contributed by atoms with van der Waals surface area (Å²) in [6.07, 6.45) is 0.547. The Kier molecular flexibility index (Phi) is 7.94. The summed E-state index contributed by atoms with van der Waals surface area (Å²) in [4.78, 5) is 35.4. The molecule has 0 spiro atoms. The predicted octanol–water partition coefficient (Wildman–Crippen LogP) is 6.17. The summed E-state index contributed by atoms with van der Waals surface area (Å²) in [6.45, 7) is 1.88. The lowest BCUT2D eigenvalue weighted by molar-refractivity contribution is -0.157. The third kappa shape index (κ3) is 5.81. The van der Waals surface area contributed by atoms with Crippen LogP contribution in [-0.4, -0.2) is 37.7 Å². The van der Waals surface area contributed by atoms with Gasteiger partial charge in [-0.1, -0.05) is 24.9 Å². The first-order chi connectivity index (χ1) is 20.1. The highest BCUT2D eigenvalue weighted by Crippen LogP contribution is 2.39. The molecule has 42 heavy (non-hydrogen) atoms. The van der Waals surface area contributed by atoms with Crippen LogP contribution in [0.3, 0.4) is 0 Å². The molecule has 0 aliphatic rings. The molecule has 5 rings (SSSR count). The fourth-order valence-corrected chi connectivity index (χ4v) is 4.63. The number of carbonyl (C=O) groups is 1. The van der Waals surface area contributed by atoms with E-state index in [-0.39, 0.29) is 27.5 Å². The Hall–Kier alpha value is -4.78. The Balaban J connectivity index is 1.54. The van der Waals surface area contributed by atoms with Crippen molar-refractivity contribution >= 4 is 34.2 Å². The predicted molar refractivity (Wildman–Crippen MR) is 148 cm³/mol. The number of carbonyl (C=O) groups excluding carboxylic acids is 1. The molecule has 0 aliphatic heterocycles. The zero-order valence-corrected chi connectivity index (χ0v) is 22.9. The van der Waals surface area contributed by atoms with E-state index in [0.717, 1.165) is 0 Å². The number of pyridine rings is 1. The molecule has 3 heterocycles. The monoisotopic (exact) mass is 598 g/mol. The summed E-state index contributed by atoms with van der Waals surface area (Å²) < 4.78 is 51.0. The molecule has 3 aromatic heterocycles. The second-order valence-corrected chi connectivity index (χ2v) is 9.59. The zero-order valence-electron chi connectivity index (χ0n) is 22.1. The van der Waals surface area contributed by atoms with Crippen LogP contribution in [-0.2, 0) is 11.0 Å². The maximum Gasteiger partial charge on any atom is 0.470 e. The Morgan fingerprint density at radius 1 is 1.05 bits per heavy atom. The van der Waals surface area contributed by atoms with Crippen molar-refractivity contribution in [3.8, 4) is 28.3 Å². The van der Waals surface area contributed by atoms with Crippen molar-refractivity contribution < 1.29 is 27.1 Å². The Labute approximate surface area is 241 Å². The molecule has 0 bridgehead atoms. The molecular formula is C28H22ClF3N6O4. The molecule has 5 aromatic rings. The maximum absolute atomic E-state index is 13.5. The minimum atomic E-state index is -4.84. The highest BCUT2D eigenvalue weighted by molar-refractivity contribution is 6.31. The molecule has 0 aliphatic carbocycles. The van der Waals surface area contributed by atoms with E-state index in [2.05, 4.69) is 25.5 Å². The van der Waals surface area contributed by atoms with Crippen LogP contribution in [0.1, 0.15) is 31.7 Å². The highest BCUT2D eigenvalue weighted by Gasteiger charge is 2.38.